The van der Waals surface area contributed by atoms with Gasteiger partial charge < -0.3 is 4.57 Å². The Morgan fingerprint density at radius 3 is 2.40 bits per heavy atom. The topological polar surface area (TPSA) is 22.0 Å². The van der Waals surface area contributed by atoms with Gasteiger partial charge >= 0.3 is 0 Å². The summed E-state index contributed by atoms with van der Waals surface area (Å²) in [5.74, 6) is 0. The molecule has 2 heteroatoms. The zero-order valence-electron chi connectivity index (χ0n) is 11.1. The highest BCUT2D eigenvalue weighted by molar-refractivity contribution is 6.05. The van der Waals surface area contributed by atoms with Crippen LogP contribution in [0.1, 0.15) is 10.4 Å². The lowest BCUT2D eigenvalue weighted by molar-refractivity contribution is 0.112. The van der Waals surface area contributed by atoms with Crippen LogP contribution in [0.3, 0.4) is 0 Å². The number of aromatic nitrogens is 1. The van der Waals surface area contributed by atoms with Gasteiger partial charge in [0.25, 0.3) is 0 Å². The van der Waals surface area contributed by atoms with E-state index in [1.807, 2.05) is 60.7 Å². The third-order valence-corrected chi connectivity index (χ3v) is 3.49. The van der Waals surface area contributed by atoms with Crippen LogP contribution in [0, 0.1) is 0 Å². The summed E-state index contributed by atoms with van der Waals surface area (Å²) >= 11 is 0. The molecule has 3 aromatic rings. The predicted molar refractivity (Wildman–Crippen MR) is 83.0 cm³/mol. The molecule has 0 unspecified atom stereocenters. The Labute approximate surface area is 118 Å². The number of hydrogen-bond donors (Lipinski definition) is 0. The molecule has 2 aromatic carbocycles. The number of carbonyl (C=O) groups is 1. The third-order valence-electron chi connectivity index (χ3n) is 3.49. The number of allylic oxidation sites excluding steroid dienone is 1. The molecule has 0 N–H and O–H groups in total. The molecule has 1 heterocycles. The number of rotatable bonds is 4. The number of aldehydes is 1. The molecule has 0 fully saturated rings. The molecule has 0 aliphatic carbocycles. The molecule has 0 aliphatic heterocycles. The maximum Gasteiger partial charge on any atom is 0.152 e. The Hall–Kier alpha value is -2.61. The van der Waals surface area contributed by atoms with Crippen molar-refractivity contribution in [3.63, 3.8) is 0 Å². The molecule has 2 nitrogen and oxygen atoms in total. The molecule has 0 bridgehead atoms. The van der Waals surface area contributed by atoms with E-state index >= 15 is 0 Å². The monoisotopic (exact) mass is 261 g/mol. The lowest BCUT2D eigenvalue weighted by atomic mass is 10.1. The lowest BCUT2D eigenvalue weighted by Gasteiger charge is -2.09. The van der Waals surface area contributed by atoms with E-state index in [2.05, 4.69) is 11.1 Å². The number of fused-ring (bicyclic) bond motifs is 1. The van der Waals surface area contributed by atoms with Crippen LogP contribution >= 0.6 is 0 Å². The minimum Gasteiger partial charge on any atom is -0.336 e. The average molecular weight is 261 g/mol. The smallest absolute Gasteiger partial charge is 0.152 e. The van der Waals surface area contributed by atoms with Gasteiger partial charge in [0, 0.05) is 23.0 Å². The van der Waals surface area contributed by atoms with Crippen molar-refractivity contribution < 1.29 is 4.79 Å². The van der Waals surface area contributed by atoms with Gasteiger partial charge in [-0.1, -0.05) is 54.6 Å². The fourth-order valence-electron chi connectivity index (χ4n) is 2.68. The highest BCUT2D eigenvalue weighted by Crippen LogP contribution is 2.32. The summed E-state index contributed by atoms with van der Waals surface area (Å²) in [7, 11) is 0. The second kappa shape index (κ2) is 5.17. The lowest BCUT2D eigenvalue weighted by Crippen LogP contribution is -1.98. The molecular weight excluding hydrogens is 246 g/mol. The van der Waals surface area contributed by atoms with Gasteiger partial charge in [0.05, 0.1) is 5.69 Å². The summed E-state index contributed by atoms with van der Waals surface area (Å²) in [5, 5.41) is 0.989. The first-order valence-electron chi connectivity index (χ1n) is 6.59. The molecule has 20 heavy (non-hydrogen) atoms. The Morgan fingerprint density at radius 2 is 1.70 bits per heavy atom. The van der Waals surface area contributed by atoms with Crippen molar-refractivity contribution in [1.29, 1.82) is 0 Å². The van der Waals surface area contributed by atoms with Crippen LogP contribution in [0.4, 0.5) is 0 Å². The van der Waals surface area contributed by atoms with Gasteiger partial charge in [-0.05, 0) is 11.6 Å². The Balaban J connectivity index is 2.42. The van der Waals surface area contributed by atoms with Crippen LogP contribution in [0.15, 0.2) is 67.3 Å². The Kier molecular flexibility index (Phi) is 3.21. The van der Waals surface area contributed by atoms with Crippen LogP contribution < -0.4 is 0 Å². The summed E-state index contributed by atoms with van der Waals surface area (Å²) < 4.78 is 2.14. The maximum absolute atomic E-state index is 11.6. The number of para-hydroxylation sites is 1. The van der Waals surface area contributed by atoms with Crippen molar-refractivity contribution in [2.45, 2.75) is 6.54 Å². The van der Waals surface area contributed by atoms with E-state index in [9.17, 15) is 4.79 Å². The molecule has 0 spiro atoms. The van der Waals surface area contributed by atoms with Gasteiger partial charge in [-0.25, -0.2) is 0 Å². The van der Waals surface area contributed by atoms with Crippen molar-refractivity contribution >= 4 is 17.2 Å². The number of benzene rings is 2. The highest BCUT2D eigenvalue weighted by Gasteiger charge is 2.16. The van der Waals surface area contributed by atoms with Crippen LogP contribution in [-0.4, -0.2) is 10.9 Å². The minimum atomic E-state index is 0.679. The van der Waals surface area contributed by atoms with E-state index in [0.29, 0.717) is 6.54 Å². The highest BCUT2D eigenvalue weighted by atomic mass is 16.1. The molecule has 3 rings (SSSR count). The summed E-state index contributed by atoms with van der Waals surface area (Å²) in [6.07, 6.45) is 2.80. The molecule has 0 atom stereocenters. The third kappa shape index (κ3) is 1.86. The fourth-order valence-corrected chi connectivity index (χ4v) is 2.68. The number of hydrogen-bond acceptors (Lipinski definition) is 1. The van der Waals surface area contributed by atoms with Crippen LogP contribution in [-0.2, 0) is 6.54 Å². The van der Waals surface area contributed by atoms with E-state index in [4.69, 9.17) is 0 Å². The van der Waals surface area contributed by atoms with E-state index in [1.54, 1.807) is 0 Å². The molecular formula is C18H15NO. The van der Waals surface area contributed by atoms with E-state index < -0.39 is 0 Å². The number of nitrogens with zero attached hydrogens (tertiary/aromatic N) is 1. The summed E-state index contributed by atoms with van der Waals surface area (Å²) in [6.45, 7) is 4.50. The molecule has 98 valence electrons. The van der Waals surface area contributed by atoms with Crippen molar-refractivity contribution in [1.82, 2.24) is 4.57 Å². The predicted octanol–water partition coefficient (Wildman–Crippen LogP) is 4.31. The molecule has 0 saturated carbocycles. The van der Waals surface area contributed by atoms with Crippen LogP contribution in [0.5, 0.6) is 0 Å². The second-order valence-electron chi connectivity index (χ2n) is 4.66. The van der Waals surface area contributed by atoms with Gasteiger partial charge in [-0.3, -0.25) is 4.79 Å². The SMILES string of the molecule is C=CCn1c(-c2ccccc2)c(C=O)c2ccccc21. The van der Waals surface area contributed by atoms with Gasteiger partial charge in [-0.15, -0.1) is 6.58 Å². The van der Waals surface area contributed by atoms with Crippen molar-refractivity contribution in [3.8, 4) is 11.3 Å². The molecule has 0 saturated heterocycles. The zero-order chi connectivity index (χ0) is 13.9. The first kappa shape index (κ1) is 12.4. The minimum absolute atomic E-state index is 0.679. The second-order valence-corrected chi connectivity index (χ2v) is 4.66. The summed E-state index contributed by atoms with van der Waals surface area (Å²) in [6, 6.07) is 18.0. The van der Waals surface area contributed by atoms with E-state index in [1.165, 1.54) is 0 Å². The molecule has 0 radical (unpaired) electrons. The number of carbonyl (C=O) groups excluding carboxylic acids is 1. The summed E-state index contributed by atoms with van der Waals surface area (Å²) in [5.41, 5.74) is 3.82. The van der Waals surface area contributed by atoms with Gasteiger partial charge in [-0.2, -0.15) is 0 Å². The van der Waals surface area contributed by atoms with E-state index in [-0.39, 0.29) is 0 Å². The van der Waals surface area contributed by atoms with E-state index in [0.717, 1.165) is 34.0 Å². The van der Waals surface area contributed by atoms with Gasteiger partial charge in [0.15, 0.2) is 6.29 Å². The Morgan fingerprint density at radius 1 is 1.00 bits per heavy atom. The van der Waals surface area contributed by atoms with Crippen LogP contribution in [0.2, 0.25) is 0 Å². The van der Waals surface area contributed by atoms with Gasteiger partial charge in [0.1, 0.15) is 0 Å². The Bertz CT molecular complexity index is 769. The maximum atomic E-state index is 11.6. The summed E-state index contributed by atoms with van der Waals surface area (Å²) in [4.78, 5) is 11.6. The normalized spacial score (nSPS) is 10.6. The first-order valence-corrected chi connectivity index (χ1v) is 6.59. The van der Waals surface area contributed by atoms with Crippen molar-refractivity contribution in [2.75, 3.05) is 0 Å². The molecule has 1 aromatic heterocycles. The quantitative estimate of drug-likeness (QED) is 0.507. The zero-order valence-corrected chi connectivity index (χ0v) is 11.1. The average Bonchev–Trinajstić information content (AvgIpc) is 2.82. The van der Waals surface area contributed by atoms with Gasteiger partial charge in [0.2, 0.25) is 0 Å². The first-order chi connectivity index (χ1) is 9.86. The molecule has 0 aliphatic rings. The molecule has 0 amide bonds. The van der Waals surface area contributed by atoms with Crippen LogP contribution in [0.25, 0.3) is 22.2 Å². The standard InChI is InChI=1S/C18H15NO/c1-2-12-19-17-11-7-6-10-15(17)16(13-20)18(19)14-8-4-3-5-9-14/h2-11,13H,1,12H2. The van der Waals surface area contributed by atoms with Crippen molar-refractivity contribution in [3.05, 3.63) is 72.8 Å². The van der Waals surface area contributed by atoms with Crippen molar-refractivity contribution in [2.24, 2.45) is 0 Å². The fraction of sp³-hybridized carbons (Fsp3) is 0.0556. The largest absolute Gasteiger partial charge is 0.336 e.